The normalized spacial score (nSPS) is 13.8. The summed E-state index contributed by atoms with van der Waals surface area (Å²) in [5.41, 5.74) is 0. The van der Waals surface area contributed by atoms with E-state index >= 15 is 0 Å². The van der Waals surface area contributed by atoms with Gasteiger partial charge < -0.3 is 10.1 Å². The van der Waals surface area contributed by atoms with E-state index in [0.717, 1.165) is 0 Å². The first kappa shape index (κ1) is 16.5. The van der Waals surface area contributed by atoms with Crippen molar-refractivity contribution in [1.82, 2.24) is 5.32 Å². The fourth-order valence-electron chi connectivity index (χ4n) is 1.02. The van der Waals surface area contributed by atoms with Crippen molar-refractivity contribution in [2.45, 2.75) is 32.5 Å². The highest BCUT2D eigenvalue weighted by Crippen LogP contribution is 2.14. The second kappa shape index (κ2) is 7.76. The van der Waals surface area contributed by atoms with Crippen molar-refractivity contribution in [3.8, 4) is 0 Å². The van der Waals surface area contributed by atoms with Gasteiger partial charge in [-0.2, -0.15) is 13.2 Å². The predicted molar refractivity (Wildman–Crippen MR) is 59.0 cm³/mol. The number of alkyl halides is 4. The van der Waals surface area contributed by atoms with Crippen LogP contribution in [-0.2, 0) is 9.53 Å². The van der Waals surface area contributed by atoms with Gasteiger partial charge in [0.25, 0.3) is 0 Å². The van der Waals surface area contributed by atoms with E-state index < -0.39 is 12.8 Å². The van der Waals surface area contributed by atoms with Gasteiger partial charge in [0.05, 0.1) is 6.61 Å². The van der Waals surface area contributed by atoms with Crippen molar-refractivity contribution in [3.63, 3.8) is 0 Å². The van der Waals surface area contributed by atoms with Crippen molar-refractivity contribution in [1.29, 1.82) is 0 Å². The van der Waals surface area contributed by atoms with Crippen LogP contribution >= 0.6 is 11.6 Å². The Morgan fingerprint density at radius 2 is 2.00 bits per heavy atom. The zero-order valence-corrected chi connectivity index (χ0v) is 10.6. The molecule has 1 atom stereocenters. The van der Waals surface area contributed by atoms with Gasteiger partial charge in [-0.1, -0.05) is 13.8 Å². The third-order valence-corrected chi connectivity index (χ3v) is 2.39. The van der Waals surface area contributed by atoms with Crippen molar-refractivity contribution in [3.05, 3.63) is 0 Å². The molecule has 7 heteroatoms. The maximum atomic E-state index is 11.7. The number of amides is 1. The minimum atomic E-state index is -4.35. The Balaban J connectivity index is 3.73. The van der Waals surface area contributed by atoms with E-state index in [1.807, 2.05) is 13.8 Å². The molecule has 1 unspecified atom stereocenters. The van der Waals surface area contributed by atoms with Gasteiger partial charge in [-0.15, -0.1) is 11.6 Å². The number of ether oxygens (including phenoxy) is 1. The molecule has 0 aliphatic carbocycles. The second-order valence-corrected chi connectivity index (χ2v) is 4.30. The largest absolute Gasteiger partial charge is 0.411 e. The Hall–Kier alpha value is -0.490. The number of halogens is 4. The molecule has 0 rings (SSSR count). The lowest BCUT2D eigenvalue weighted by molar-refractivity contribution is -0.174. The molecule has 0 aromatic heterocycles. The van der Waals surface area contributed by atoms with E-state index in [1.165, 1.54) is 0 Å². The molecule has 1 N–H and O–H groups in total. The van der Waals surface area contributed by atoms with Crippen molar-refractivity contribution >= 4 is 17.5 Å². The molecule has 0 aromatic rings. The van der Waals surface area contributed by atoms with Crippen LogP contribution in [0, 0.1) is 5.92 Å². The summed E-state index contributed by atoms with van der Waals surface area (Å²) in [5, 5.41) is 2.63. The first-order valence-electron chi connectivity index (χ1n) is 5.26. The monoisotopic (exact) mass is 275 g/mol. The highest BCUT2D eigenvalue weighted by atomic mass is 35.5. The quantitative estimate of drug-likeness (QED) is 0.572. The van der Waals surface area contributed by atoms with Crippen LogP contribution in [0.1, 0.15) is 20.3 Å². The van der Waals surface area contributed by atoms with Crippen LogP contribution < -0.4 is 5.32 Å². The van der Waals surface area contributed by atoms with Crippen molar-refractivity contribution < 1.29 is 22.7 Å². The van der Waals surface area contributed by atoms with Gasteiger partial charge in [0.1, 0.15) is 6.61 Å². The molecule has 0 radical (unpaired) electrons. The van der Waals surface area contributed by atoms with Crippen LogP contribution in [0.25, 0.3) is 0 Å². The molecule has 0 saturated heterocycles. The zero-order valence-electron chi connectivity index (χ0n) is 9.81. The molecule has 0 spiro atoms. The van der Waals surface area contributed by atoms with Crippen LogP contribution in [-0.4, -0.2) is 37.2 Å². The molecule has 0 fully saturated rings. The molecule has 0 saturated carbocycles. The summed E-state index contributed by atoms with van der Waals surface area (Å²) in [6.45, 7) is 2.21. The first-order valence-corrected chi connectivity index (χ1v) is 5.79. The summed E-state index contributed by atoms with van der Waals surface area (Å²) in [7, 11) is 0. The van der Waals surface area contributed by atoms with E-state index in [-0.39, 0.29) is 36.8 Å². The van der Waals surface area contributed by atoms with E-state index in [9.17, 15) is 18.0 Å². The Morgan fingerprint density at radius 1 is 1.41 bits per heavy atom. The molecule has 17 heavy (non-hydrogen) atoms. The Morgan fingerprint density at radius 3 is 2.41 bits per heavy atom. The van der Waals surface area contributed by atoms with E-state index in [0.29, 0.717) is 0 Å². The van der Waals surface area contributed by atoms with Gasteiger partial charge >= 0.3 is 6.18 Å². The number of carbonyl (C=O) groups excluding carboxylic acids is 1. The number of nitrogens with one attached hydrogen (secondary N) is 1. The van der Waals surface area contributed by atoms with Gasteiger partial charge in [0, 0.05) is 18.3 Å². The summed E-state index contributed by atoms with van der Waals surface area (Å²) >= 11 is 5.63. The minimum Gasteiger partial charge on any atom is -0.372 e. The fraction of sp³-hybridized carbons (Fsp3) is 0.900. The minimum absolute atomic E-state index is 0.101. The lowest BCUT2D eigenvalue weighted by Crippen LogP contribution is -2.40. The topological polar surface area (TPSA) is 38.3 Å². The lowest BCUT2D eigenvalue weighted by Gasteiger charge is -2.19. The van der Waals surface area contributed by atoms with Crippen LogP contribution in [0.3, 0.4) is 0 Å². The molecule has 0 bridgehead atoms. The summed E-state index contributed by atoms with van der Waals surface area (Å²) in [5.74, 6) is 0.0892. The summed E-state index contributed by atoms with van der Waals surface area (Å²) in [6.07, 6.45) is -4.46. The highest BCUT2D eigenvalue weighted by Gasteiger charge is 2.27. The molecular weight excluding hydrogens is 259 g/mol. The van der Waals surface area contributed by atoms with E-state index in [2.05, 4.69) is 10.1 Å². The molecular formula is C10H17ClF3NO2. The van der Waals surface area contributed by atoms with Gasteiger partial charge in [-0.25, -0.2) is 0 Å². The zero-order chi connectivity index (χ0) is 13.5. The van der Waals surface area contributed by atoms with Gasteiger partial charge in [-0.05, 0) is 5.92 Å². The number of carbonyl (C=O) groups is 1. The molecule has 3 nitrogen and oxygen atoms in total. The molecule has 1 amide bonds. The van der Waals surface area contributed by atoms with Gasteiger partial charge in [0.2, 0.25) is 5.91 Å². The van der Waals surface area contributed by atoms with Crippen LogP contribution in [0.5, 0.6) is 0 Å². The van der Waals surface area contributed by atoms with Crippen LogP contribution in [0.2, 0.25) is 0 Å². The van der Waals surface area contributed by atoms with E-state index in [4.69, 9.17) is 11.6 Å². The van der Waals surface area contributed by atoms with Crippen molar-refractivity contribution in [2.24, 2.45) is 5.92 Å². The average molecular weight is 276 g/mol. The molecule has 0 aliphatic heterocycles. The Kier molecular flexibility index (Phi) is 7.54. The smallest absolute Gasteiger partial charge is 0.372 e. The maximum Gasteiger partial charge on any atom is 0.411 e. The third-order valence-electron chi connectivity index (χ3n) is 2.06. The summed E-state index contributed by atoms with van der Waals surface area (Å²) < 4.78 is 39.4. The average Bonchev–Trinajstić information content (AvgIpc) is 2.19. The Bertz CT molecular complexity index is 234. The Labute approximate surface area is 104 Å². The third kappa shape index (κ3) is 9.23. The molecule has 0 aromatic carbocycles. The standard InChI is InChI=1S/C10H17ClF3NO2/c1-7(2)8(5-11)15-9(16)3-4-17-6-10(12,13)14/h7-8H,3-6H2,1-2H3,(H,15,16). The molecule has 102 valence electrons. The van der Waals surface area contributed by atoms with E-state index in [1.54, 1.807) is 0 Å². The van der Waals surface area contributed by atoms with Crippen LogP contribution in [0.15, 0.2) is 0 Å². The number of hydrogen-bond acceptors (Lipinski definition) is 2. The number of hydrogen-bond donors (Lipinski definition) is 1. The SMILES string of the molecule is CC(C)C(CCl)NC(=O)CCOCC(F)(F)F. The molecule has 0 heterocycles. The lowest BCUT2D eigenvalue weighted by atomic mass is 10.1. The number of rotatable bonds is 7. The van der Waals surface area contributed by atoms with Crippen molar-refractivity contribution in [2.75, 3.05) is 19.1 Å². The molecule has 0 aliphatic rings. The highest BCUT2D eigenvalue weighted by molar-refractivity contribution is 6.18. The summed E-state index contributed by atoms with van der Waals surface area (Å²) in [6, 6.07) is -0.174. The van der Waals surface area contributed by atoms with Gasteiger partial charge in [0.15, 0.2) is 0 Å². The first-order chi connectivity index (χ1) is 7.76. The fourth-order valence-corrected chi connectivity index (χ4v) is 1.45. The summed E-state index contributed by atoms with van der Waals surface area (Å²) in [4.78, 5) is 11.3. The van der Waals surface area contributed by atoms with Gasteiger partial charge in [-0.3, -0.25) is 4.79 Å². The second-order valence-electron chi connectivity index (χ2n) is 3.99. The van der Waals surface area contributed by atoms with Crippen LogP contribution in [0.4, 0.5) is 13.2 Å². The maximum absolute atomic E-state index is 11.7. The predicted octanol–water partition coefficient (Wildman–Crippen LogP) is 2.34.